The van der Waals surface area contributed by atoms with Crippen LogP contribution in [-0.4, -0.2) is 0 Å². The Morgan fingerprint density at radius 3 is 2.70 bits per heavy atom. The van der Waals surface area contributed by atoms with Crippen LogP contribution in [0.25, 0.3) is 0 Å². The normalized spacial score (nSPS) is 8.40. The van der Waals surface area contributed by atoms with Gasteiger partial charge in [0.05, 0.1) is 5.69 Å². The number of hydrogen-bond donors (Lipinski definition) is 1. The van der Waals surface area contributed by atoms with Gasteiger partial charge in [0, 0.05) is 0 Å². The molecule has 0 atom stereocenters. The molecule has 2 nitrogen and oxygen atoms in total. The summed E-state index contributed by atoms with van der Waals surface area (Å²) in [6, 6.07) is 7.67. The fourth-order valence-corrected chi connectivity index (χ4v) is 0.773. The lowest BCUT2D eigenvalue weighted by molar-refractivity contribution is 1.41. The third kappa shape index (κ3) is 1.26. The molecule has 0 unspecified atom stereocenters. The van der Waals surface area contributed by atoms with Gasteiger partial charge in [-0.05, 0) is 18.6 Å². The largest absolute Gasteiger partial charge is 0.293 e. The van der Waals surface area contributed by atoms with E-state index in [-0.39, 0.29) is 0 Å². The van der Waals surface area contributed by atoms with Gasteiger partial charge >= 0.3 is 0 Å². The fraction of sp³-hybridized carbons (Fsp3) is 0.125. The van der Waals surface area contributed by atoms with Gasteiger partial charge in [-0.15, -0.1) is 0 Å². The third-order valence-electron chi connectivity index (χ3n) is 1.34. The number of nitrogens with zero attached hydrogens (tertiary/aromatic N) is 1. The van der Waals surface area contributed by atoms with E-state index in [1.807, 2.05) is 37.4 Å². The Bertz CT molecular complexity index is 260. The molecule has 50 valence electrons. The topological polar surface area (TPSA) is 35.8 Å². The highest BCUT2D eigenvalue weighted by Gasteiger charge is 1.91. The number of benzene rings is 1. The molecule has 0 bridgehead atoms. The molecule has 10 heavy (non-hydrogen) atoms. The van der Waals surface area contributed by atoms with Crippen LogP contribution in [0.2, 0.25) is 0 Å². The van der Waals surface area contributed by atoms with Crippen molar-refractivity contribution in [1.82, 2.24) is 0 Å². The number of para-hydroxylation sites is 1. The first-order chi connectivity index (χ1) is 4.84. The van der Waals surface area contributed by atoms with Gasteiger partial charge in [0.2, 0.25) is 0 Å². The van der Waals surface area contributed by atoms with Gasteiger partial charge in [0.15, 0.2) is 6.19 Å². The maximum atomic E-state index is 8.28. The van der Waals surface area contributed by atoms with Gasteiger partial charge < -0.3 is 0 Å². The van der Waals surface area contributed by atoms with Gasteiger partial charge in [0.25, 0.3) is 0 Å². The predicted octanol–water partition coefficient (Wildman–Crippen LogP) is 1.89. The van der Waals surface area contributed by atoms with Crippen molar-refractivity contribution in [3.05, 3.63) is 29.8 Å². The first-order valence-electron chi connectivity index (χ1n) is 3.05. The second-order valence-corrected chi connectivity index (χ2v) is 2.05. The third-order valence-corrected chi connectivity index (χ3v) is 1.34. The molecule has 0 radical (unpaired) electrons. The van der Waals surface area contributed by atoms with E-state index in [2.05, 4.69) is 5.32 Å². The van der Waals surface area contributed by atoms with Crippen LogP contribution >= 0.6 is 0 Å². The molecular formula is C8H8N2. The Balaban J connectivity index is 2.94. The lowest BCUT2D eigenvalue weighted by Gasteiger charge is -1.99. The highest BCUT2D eigenvalue weighted by atomic mass is 14.9. The molecule has 1 rings (SSSR count). The molecular weight excluding hydrogens is 124 g/mol. The Hall–Kier alpha value is -1.49. The summed E-state index contributed by atoms with van der Waals surface area (Å²) < 4.78 is 0. The number of nitriles is 1. The van der Waals surface area contributed by atoms with Crippen molar-refractivity contribution < 1.29 is 0 Å². The second-order valence-electron chi connectivity index (χ2n) is 2.05. The minimum Gasteiger partial charge on any atom is -0.293 e. The fourth-order valence-electron chi connectivity index (χ4n) is 0.773. The maximum absolute atomic E-state index is 8.28. The highest BCUT2D eigenvalue weighted by Crippen LogP contribution is 2.11. The summed E-state index contributed by atoms with van der Waals surface area (Å²) in [5.74, 6) is 0. The van der Waals surface area contributed by atoms with Gasteiger partial charge in [0.1, 0.15) is 0 Å². The van der Waals surface area contributed by atoms with E-state index in [0.717, 1.165) is 11.3 Å². The summed E-state index contributed by atoms with van der Waals surface area (Å²) >= 11 is 0. The molecule has 2 heteroatoms. The van der Waals surface area contributed by atoms with Crippen LogP contribution in [0.4, 0.5) is 5.69 Å². The number of hydrogen-bond acceptors (Lipinski definition) is 2. The lowest BCUT2D eigenvalue weighted by Crippen LogP contribution is -1.88. The highest BCUT2D eigenvalue weighted by molar-refractivity contribution is 5.52. The summed E-state index contributed by atoms with van der Waals surface area (Å²) in [6.07, 6.45) is 1.87. The quantitative estimate of drug-likeness (QED) is 0.468. The van der Waals surface area contributed by atoms with Crippen molar-refractivity contribution in [3.8, 4) is 6.19 Å². The van der Waals surface area contributed by atoms with Crippen molar-refractivity contribution in [2.24, 2.45) is 0 Å². The summed E-state index contributed by atoms with van der Waals surface area (Å²) in [5, 5.41) is 10.9. The Morgan fingerprint density at radius 1 is 1.40 bits per heavy atom. The number of rotatable bonds is 1. The maximum Gasteiger partial charge on any atom is 0.181 e. The molecule has 1 aromatic carbocycles. The van der Waals surface area contributed by atoms with Crippen LogP contribution in [0.3, 0.4) is 0 Å². The summed E-state index contributed by atoms with van der Waals surface area (Å²) in [4.78, 5) is 0. The minimum atomic E-state index is 0.880. The molecule has 0 aromatic heterocycles. The Morgan fingerprint density at radius 2 is 2.10 bits per heavy atom. The summed E-state index contributed by atoms with van der Waals surface area (Å²) in [7, 11) is 0. The molecule has 0 spiro atoms. The molecule has 1 N–H and O–H groups in total. The second kappa shape index (κ2) is 2.88. The van der Waals surface area contributed by atoms with E-state index in [1.165, 1.54) is 0 Å². The Labute approximate surface area is 60.1 Å². The molecule has 1 aromatic rings. The molecule has 0 aliphatic carbocycles. The lowest BCUT2D eigenvalue weighted by atomic mass is 10.2. The van der Waals surface area contributed by atoms with E-state index >= 15 is 0 Å². The van der Waals surface area contributed by atoms with Crippen molar-refractivity contribution in [2.45, 2.75) is 6.92 Å². The van der Waals surface area contributed by atoms with E-state index in [1.54, 1.807) is 0 Å². The van der Waals surface area contributed by atoms with Crippen molar-refractivity contribution in [1.29, 1.82) is 5.26 Å². The molecule has 0 aliphatic heterocycles. The van der Waals surface area contributed by atoms with E-state index in [4.69, 9.17) is 5.26 Å². The summed E-state index contributed by atoms with van der Waals surface area (Å²) in [6.45, 7) is 1.96. The molecule has 0 fully saturated rings. The van der Waals surface area contributed by atoms with E-state index < -0.39 is 0 Å². The average Bonchev–Trinajstić information content (AvgIpc) is 1.94. The van der Waals surface area contributed by atoms with Crippen LogP contribution in [0, 0.1) is 18.4 Å². The van der Waals surface area contributed by atoms with Crippen LogP contribution < -0.4 is 5.32 Å². The zero-order valence-electron chi connectivity index (χ0n) is 5.76. The van der Waals surface area contributed by atoms with Crippen molar-refractivity contribution in [2.75, 3.05) is 5.32 Å². The van der Waals surface area contributed by atoms with Gasteiger partial charge in [-0.1, -0.05) is 18.2 Å². The first-order valence-corrected chi connectivity index (χ1v) is 3.05. The van der Waals surface area contributed by atoms with E-state index in [9.17, 15) is 0 Å². The molecule has 0 aliphatic rings. The Kier molecular flexibility index (Phi) is 1.91. The summed E-state index contributed by atoms with van der Waals surface area (Å²) in [5.41, 5.74) is 1.97. The first kappa shape index (κ1) is 6.63. The van der Waals surface area contributed by atoms with Crippen LogP contribution in [0.15, 0.2) is 24.3 Å². The van der Waals surface area contributed by atoms with Crippen LogP contribution in [0.5, 0.6) is 0 Å². The average molecular weight is 132 g/mol. The van der Waals surface area contributed by atoms with E-state index in [0.29, 0.717) is 0 Å². The van der Waals surface area contributed by atoms with Gasteiger partial charge in [-0.3, -0.25) is 5.32 Å². The predicted molar refractivity (Wildman–Crippen MR) is 40.4 cm³/mol. The minimum absolute atomic E-state index is 0.880. The van der Waals surface area contributed by atoms with Crippen molar-refractivity contribution in [3.63, 3.8) is 0 Å². The van der Waals surface area contributed by atoms with Gasteiger partial charge in [-0.25, -0.2) is 0 Å². The van der Waals surface area contributed by atoms with Gasteiger partial charge in [-0.2, -0.15) is 5.26 Å². The standard InChI is InChI=1S/C8H8N2/c1-7-4-2-3-5-8(7)10-6-9/h2-5,10H,1H3. The monoisotopic (exact) mass is 132 g/mol. The number of nitrogens with one attached hydrogen (secondary N) is 1. The van der Waals surface area contributed by atoms with Crippen LogP contribution in [-0.2, 0) is 0 Å². The molecule has 0 saturated carbocycles. The molecule has 0 saturated heterocycles. The zero-order chi connectivity index (χ0) is 7.40. The number of aryl methyl sites for hydroxylation is 1. The van der Waals surface area contributed by atoms with Crippen molar-refractivity contribution >= 4 is 5.69 Å². The zero-order valence-corrected chi connectivity index (χ0v) is 5.76. The number of anilines is 1. The molecule has 0 heterocycles. The molecule has 0 amide bonds. The SMILES string of the molecule is Cc1ccccc1NC#N. The van der Waals surface area contributed by atoms with Crippen LogP contribution in [0.1, 0.15) is 5.56 Å². The smallest absolute Gasteiger partial charge is 0.181 e.